The van der Waals surface area contributed by atoms with Crippen LogP contribution in [0.5, 0.6) is 5.75 Å². The number of carbonyl (C=O) groups excluding carboxylic acids is 2. The first-order valence-electron chi connectivity index (χ1n) is 6.38. The fourth-order valence-corrected chi connectivity index (χ4v) is 1.97. The maximum absolute atomic E-state index is 11.9. The zero-order valence-electron chi connectivity index (χ0n) is 10.8. The van der Waals surface area contributed by atoms with Crippen molar-refractivity contribution in [3.05, 3.63) is 29.3 Å². The molecule has 1 amide bonds. The summed E-state index contributed by atoms with van der Waals surface area (Å²) in [5.74, 6) is -0.904. The van der Waals surface area contributed by atoms with Crippen LogP contribution in [0.25, 0.3) is 0 Å². The second-order valence-electron chi connectivity index (χ2n) is 4.49. The van der Waals surface area contributed by atoms with Crippen LogP contribution in [0.3, 0.4) is 0 Å². The largest absolute Gasteiger partial charge is 0.491 e. The van der Waals surface area contributed by atoms with Gasteiger partial charge in [-0.15, -0.1) is 0 Å². The molecule has 2 N–H and O–H groups in total. The van der Waals surface area contributed by atoms with Crippen LogP contribution >= 0.6 is 0 Å². The number of nitrogens with one attached hydrogen (secondary N) is 1. The van der Waals surface area contributed by atoms with Gasteiger partial charge in [-0.1, -0.05) is 0 Å². The van der Waals surface area contributed by atoms with E-state index in [1.54, 1.807) is 12.1 Å². The van der Waals surface area contributed by atoms with Crippen LogP contribution in [0.4, 0.5) is 0 Å². The fourth-order valence-electron chi connectivity index (χ4n) is 1.97. The summed E-state index contributed by atoms with van der Waals surface area (Å²) in [4.78, 5) is 34.2. The van der Waals surface area contributed by atoms with E-state index >= 15 is 0 Å². The predicted octanol–water partition coefficient (Wildman–Crippen LogP) is 1.25. The first kappa shape index (κ1) is 14.0. The van der Waals surface area contributed by atoms with E-state index in [4.69, 9.17) is 9.84 Å². The number of benzene rings is 1. The summed E-state index contributed by atoms with van der Waals surface area (Å²) in [7, 11) is 0. The molecule has 0 saturated carbocycles. The van der Waals surface area contributed by atoms with Gasteiger partial charge in [-0.3, -0.25) is 14.4 Å². The monoisotopic (exact) mass is 277 g/mol. The first-order valence-corrected chi connectivity index (χ1v) is 6.38. The molecule has 0 aliphatic carbocycles. The summed E-state index contributed by atoms with van der Waals surface area (Å²) in [6.45, 7) is 0.819. The highest BCUT2D eigenvalue weighted by atomic mass is 16.5. The number of ketones is 1. The summed E-state index contributed by atoms with van der Waals surface area (Å²) in [5, 5.41) is 11.2. The van der Waals surface area contributed by atoms with Crippen molar-refractivity contribution < 1.29 is 24.2 Å². The van der Waals surface area contributed by atoms with E-state index in [1.165, 1.54) is 6.07 Å². The smallest absolute Gasteiger partial charge is 0.303 e. The highest BCUT2D eigenvalue weighted by Crippen LogP contribution is 2.22. The molecule has 0 spiro atoms. The van der Waals surface area contributed by atoms with Gasteiger partial charge in [0.05, 0.1) is 12.1 Å². The van der Waals surface area contributed by atoms with Gasteiger partial charge in [-0.25, -0.2) is 0 Å². The highest BCUT2D eigenvalue weighted by molar-refractivity contribution is 6.02. The Bertz CT molecular complexity index is 552. The zero-order chi connectivity index (χ0) is 14.5. The number of ether oxygens (including phenoxy) is 1. The lowest BCUT2D eigenvalue weighted by molar-refractivity contribution is -0.137. The van der Waals surface area contributed by atoms with E-state index in [0.29, 0.717) is 30.0 Å². The number of hydrogen-bond donors (Lipinski definition) is 2. The van der Waals surface area contributed by atoms with Crippen LogP contribution in [0.15, 0.2) is 18.2 Å². The molecular formula is C14H15NO5. The van der Waals surface area contributed by atoms with Gasteiger partial charge < -0.3 is 15.2 Å². The number of carboxylic acid groups (broad SMARTS) is 1. The number of amides is 1. The average molecular weight is 277 g/mol. The molecular weight excluding hydrogens is 262 g/mol. The average Bonchev–Trinajstić information content (AvgIpc) is 2.60. The van der Waals surface area contributed by atoms with Crippen molar-refractivity contribution in [1.82, 2.24) is 5.32 Å². The Hall–Kier alpha value is -2.37. The summed E-state index contributed by atoms with van der Waals surface area (Å²) in [5.41, 5.74) is 0.737. The van der Waals surface area contributed by atoms with Crippen molar-refractivity contribution >= 4 is 17.7 Å². The molecule has 1 aromatic rings. The van der Waals surface area contributed by atoms with Gasteiger partial charge in [0.2, 0.25) is 0 Å². The van der Waals surface area contributed by atoms with Crippen molar-refractivity contribution in [2.45, 2.75) is 19.3 Å². The van der Waals surface area contributed by atoms with E-state index in [0.717, 1.165) is 0 Å². The minimum atomic E-state index is -0.924. The molecule has 6 heteroatoms. The minimum Gasteiger partial charge on any atom is -0.491 e. The number of carboxylic acids is 1. The Balaban J connectivity index is 2.11. The van der Waals surface area contributed by atoms with Gasteiger partial charge in [-0.2, -0.15) is 0 Å². The van der Waals surface area contributed by atoms with Crippen LogP contribution < -0.4 is 10.1 Å². The van der Waals surface area contributed by atoms with Crippen molar-refractivity contribution in [2.75, 3.05) is 13.2 Å². The topological polar surface area (TPSA) is 92.7 Å². The van der Waals surface area contributed by atoms with E-state index in [1.807, 2.05) is 0 Å². The van der Waals surface area contributed by atoms with E-state index in [2.05, 4.69) is 5.32 Å². The molecule has 6 nitrogen and oxygen atoms in total. The second kappa shape index (κ2) is 6.18. The Morgan fingerprint density at radius 1 is 1.30 bits per heavy atom. The fraction of sp³-hybridized carbons (Fsp3) is 0.357. The third-order valence-electron chi connectivity index (χ3n) is 2.99. The normalized spacial score (nSPS) is 13.7. The standard InChI is InChI=1S/C14H15NO5/c16-11(2-1-3-13(17)18)9-4-5-12-10(8-9)14(19)15-6-7-20-12/h4-5,8H,1-3,6-7H2,(H,15,19)(H,17,18). The molecule has 0 fully saturated rings. The van der Waals surface area contributed by atoms with Crippen molar-refractivity contribution in [3.63, 3.8) is 0 Å². The molecule has 1 aliphatic heterocycles. The maximum Gasteiger partial charge on any atom is 0.303 e. The molecule has 1 aromatic carbocycles. The van der Waals surface area contributed by atoms with Gasteiger partial charge >= 0.3 is 5.97 Å². The first-order chi connectivity index (χ1) is 9.58. The number of hydrogen-bond acceptors (Lipinski definition) is 4. The molecule has 0 aromatic heterocycles. The lowest BCUT2D eigenvalue weighted by Gasteiger charge is -2.07. The molecule has 2 rings (SSSR count). The molecule has 0 radical (unpaired) electrons. The molecule has 20 heavy (non-hydrogen) atoms. The van der Waals surface area contributed by atoms with Gasteiger partial charge in [0, 0.05) is 18.4 Å². The second-order valence-corrected chi connectivity index (χ2v) is 4.49. The number of rotatable bonds is 5. The lowest BCUT2D eigenvalue weighted by atomic mass is 10.0. The van der Waals surface area contributed by atoms with Crippen molar-refractivity contribution in [1.29, 1.82) is 0 Å². The third-order valence-corrected chi connectivity index (χ3v) is 2.99. The Kier molecular flexibility index (Phi) is 4.34. The van der Waals surface area contributed by atoms with Crippen LogP contribution in [-0.2, 0) is 4.79 Å². The quantitative estimate of drug-likeness (QED) is 0.790. The molecule has 1 aliphatic rings. The summed E-state index contributed by atoms with van der Waals surface area (Å²) in [6, 6.07) is 4.70. The molecule has 0 unspecified atom stereocenters. The molecule has 106 valence electrons. The Labute approximate surface area is 115 Å². The lowest BCUT2D eigenvalue weighted by Crippen LogP contribution is -2.24. The highest BCUT2D eigenvalue weighted by Gasteiger charge is 2.18. The van der Waals surface area contributed by atoms with Gasteiger partial charge in [-0.05, 0) is 24.6 Å². The summed E-state index contributed by atoms with van der Waals surface area (Å²) < 4.78 is 5.39. The zero-order valence-corrected chi connectivity index (χ0v) is 10.8. The van der Waals surface area contributed by atoms with Crippen LogP contribution in [-0.4, -0.2) is 35.9 Å². The minimum absolute atomic E-state index is 0.0414. The third kappa shape index (κ3) is 3.34. The van der Waals surface area contributed by atoms with Crippen molar-refractivity contribution in [2.24, 2.45) is 0 Å². The van der Waals surface area contributed by atoms with Crippen molar-refractivity contribution in [3.8, 4) is 5.75 Å². The van der Waals surface area contributed by atoms with Crippen LogP contribution in [0, 0.1) is 0 Å². The van der Waals surface area contributed by atoms with Crippen LogP contribution in [0.1, 0.15) is 40.0 Å². The van der Waals surface area contributed by atoms with Gasteiger partial charge in [0.15, 0.2) is 5.78 Å². The predicted molar refractivity (Wildman–Crippen MR) is 70.1 cm³/mol. The molecule has 0 saturated heterocycles. The Morgan fingerprint density at radius 3 is 2.85 bits per heavy atom. The number of fused-ring (bicyclic) bond motifs is 1. The van der Waals surface area contributed by atoms with Crippen LogP contribution in [0.2, 0.25) is 0 Å². The SMILES string of the molecule is O=C(O)CCCC(=O)c1ccc2c(c1)C(=O)NCCO2. The van der Waals surface area contributed by atoms with E-state index in [-0.39, 0.29) is 31.0 Å². The number of Topliss-reactive ketones (excluding diaryl/α,β-unsaturated/α-hetero) is 1. The summed E-state index contributed by atoms with van der Waals surface area (Å²) in [6.07, 6.45) is 0.391. The number of carbonyl (C=O) groups is 3. The molecule has 1 heterocycles. The number of aliphatic carboxylic acids is 1. The molecule has 0 bridgehead atoms. The van der Waals surface area contributed by atoms with Gasteiger partial charge in [0.25, 0.3) is 5.91 Å². The maximum atomic E-state index is 11.9. The van der Waals surface area contributed by atoms with E-state index in [9.17, 15) is 14.4 Å². The Morgan fingerprint density at radius 2 is 2.10 bits per heavy atom. The van der Waals surface area contributed by atoms with Gasteiger partial charge in [0.1, 0.15) is 12.4 Å². The van der Waals surface area contributed by atoms with E-state index < -0.39 is 5.97 Å². The molecule has 0 atom stereocenters. The summed E-state index contributed by atoms with van der Waals surface area (Å²) >= 11 is 0.